The van der Waals surface area contributed by atoms with E-state index >= 15 is 0 Å². The van der Waals surface area contributed by atoms with Gasteiger partial charge < -0.3 is 24.7 Å². The van der Waals surface area contributed by atoms with Crippen LogP contribution >= 0.6 is 0 Å². The standard InChI is InChI=1S/C19H19N3O6/c1-26-12-6-7-15(27-2)13(9-12)14-10-19(28-22-14,11-17(23)24)18(25)21-16-5-3-4-8-20-16/h3-9H,10-11H2,1-2H3,(H,23,24)(H,20,21,25). The molecule has 0 bridgehead atoms. The lowest BCUT2D eigenvalue weighted by Gasteiger charge is -2.23. The molecule has 146 valence electrons. The number of rotatable bonds is 7. The summed E-state index contributed by atoms with van der Waals surface area (Å²) in [4.78, 5) is 33.7. The van der Waals surface area contributed by atoms with Crippen molar-refractivity contribution in [2.75, 3.05) is 19.5 Å². The molecule has 2 aromatic rings. The number of anilines is 1. The van der Waals surface area contributed by atoms with Crippen LogP contribution in [0.25, 0.3) is 0 Å². The molecule has 3 rings (SSSR count). The average molecular weight is 385 g/mol. The molecule has 0 fully saturated rings. The topological polar surface area (TPSA) is 119 Å². The Morgan fingerprint density at radius 3 is 2.71 bits per heavy atom. The number of aromatic nitrogens is 1. The molecule has 1 amide bonds. The highest BCUT2D eigenvalue weighted by molar-refractivity contribution is 6.10. The van der Waals surface area contributed by atoms with Gasteiger partial charge in [-0.05, 0) is 30.3 Å². The van der Waals surface area contributed by atoms with Crippen molar-refractivity contribution in [3.8, 4) is 11.5 Å². The fourth-order valence-corrected chi connectivity index (χ4v) is 2.87. The normalized spacial score (nSPS) is 18.0. The Bertz CT molecular complexity index is 915. The van der Waals surface area contributed by atoms with E-state index in [1.807, 2.05) is 0 Å². The molecule has 0 radical (unpaired) electrons. The number of oxime groups is 1. The second-order valence-corrected chi connectivity index (χ2v) is 6.11. The second kappa shape index (κ2) is 7.95. The maximum atomic E-state index is 12.9. The maximum absolute atomic E-state index is 12.9. The minimum atomic E-state index is -1.70. The number of pyridine rings is 1. The van der Waals surface area contributed by atoms with Gasteiger partial charge in [-0.1, -0.05) is 11.2 Å². The number of hydrogen-bond acceptors (Lipinski definition) is 7. The molecule has 1 aromatic carbocycles. The summed E-state index contributed by atoms with van der Waals surface area (Å²) >= 11 is 0. The van der Waals surface area contributed by atoms with Crippen molar-refractivity contribution in [1.82, 2.24) is 4.98 Å². The number of aliphatic carboxylic acids is 1. The van der Waals surface area contributed by atoms with Crippen molar-refractivity contribution in [2.45, 2.75) is 18.4 Å². The van der Waals surface area contributed by atoms with Crippen molar-refractivity contribution < 1.29 is 29.0 Å². The first-order valence-corrected chi connectivity index (χ1v) is 8.39. The van der Waals surface area contributed by atoms with Gasteiger partial charge in [0.05, 0.1) is 26.4 Å². The molecule has 0 aliphatic carbocycles. The van der Waals surface area contributed by atoms with Crippen LogP contribution in [0.5, 0.6) is 11.5 Å². The molecule has 2 N–H and O–H groups in total. The first-order chi connectivity index (χ1) is 13.5. The van der Waals surface area contributed by atoms with Crippen LogP contribution < -0.4 is 14.8 Å². The highest BCUT2D eigenvalue weighted by atomic mass is 16.7. The van der Waals surface area contributed by atoms with Gasteiger partial charge in [0.2, 0.25) is 5.60 Å². The molecule has 1 unspecified atom stereocenters. The van der Waals surface area contributed by atoms with Gasteiger partial charge in [0.15, 0.2) is 0 Å². The molecule has 28 heavy (non-hydrogen) atoms. The van der Waals surface area contributed by atoms with Gasteiger partial charge in [-0.15, -0.1) is 0 Å². The van der Waals surface area contributed by atoms with Crippen molar-refractivity contribution in [1.29, 1.82) is 0 Å². The number of nitrogens with zero attached hydrogens (tertiary/aromatic N) is 2. The molecule has 0 saturated heterocycles. The van der Waals surface area contributed by atoms with Crippen molar-refractivity contribution in [3.05, 3.63) is 48.2 Å². The van der Waals surface area contributed by atoms with Crippen molar-refractivity contribution >= 4 is 23.4 Å². The van der Waals surface area contributed by atoms with Crippen molar-refractivity contribution in [2.24, 2.45) is 5.16 Å². The molecule has 0 spiro atoms. The number of amides is 1. The highest BCUT2D eigenvalue weighted by Crippen LogP contribution is 2.35. The first-order valence-electron chi connectivity index (χ1n) is 8.39. The molecule has 1 atom stereocenters. The summed E-state index contributed by atoms with van der Waals surface area (Å²) in [5.74, 6) is -0.487. The van der Waals surface area contributed by atoms with Crippen LogP contribution in [0.15, 0.2) is 47.8 Å². The zero-order valence-corrected chi connectivity index (χ0v) is 15.3. The summed E-state index contributed by atoms with van der Waals surface area (Å²) < 4.78 is 10.6. The van der Waals surface area contributed by atoms with Crippen LogP contribution in [-0.2, 0) is 14.4 Å². The van der Waals surface area contributed by atoms with E-state index in [9.17, 15) is 14.7 Å². The number of carboxylic acids is 1. The maximum Gasteiger partial charge on any atom is 0.308 e. The predicted octanol–water partition coefficient (Wildman–Crippen LogP) is 2.08. The average Bonchev–Trinajstić information content (AvgIpc) is 3.12. The number of hydrogen-bond donors (Lipinski definition) is 2. The number of carbonyl (C=O) groups is 2. The Labute approximate surface area is 160 Å². The number of carbonyl (C=O) groups excluding carboxylic acids is 1. The van der Waals surface area contributed by atoms with E-state index in [0.29, 0.717) is 22.8 Å². The Balaban J connectivity index is 1.89. The lowest BCUT2D eigenvalue weighted by atomic mass is 9.89. The number of carboxylic acid groups (broad SMARTS) is 1. The number of ether oxygens (including phenoxy) is 2. The molecule has 1 aliphatic rings. The monoisotopic (exact) mass is 385 g/mol. The van der Waals surface area contributed by atoms with Crippen LogP contribution in [0.1, 0.15) is 18.4 Å². The van der Waals surface area contributed by atoms with E-state index in [1.54, 1.807) is 36.4 Å². The highest BCUT2D eigenvalue weighted by Gasteiger charge is 2.49. The van der Waals surface area contributed by atoms with E-state index in [4.69, 9.17) is 14.3 Å². The molecule has 9 nitrogen and oxygen atoms in total. The van der Waals surface area contributed by atoms with Gasteiger partial charge in [-0.2, -0.15) is 0 Å². The quantitative estimate of drug-likeness (QED) is 0.749. The molecule has 1 aromatic heterocycles. The number of methoxy groups -OCH3 is 2. The van der Waals surface area contributed by atoms with Gasteiger partial charge >= 0.3 is 5.97 Å². The van der Waals surface area contributed by atoms with E-state index in [1.165, 1.54) is 20.4 Å². The summed E-state index contributed by atoms with van der Waals surface area (Å²) in [7, 11) is 3.02. The Hall–Kier alpha value is -3.62. The smallest absolute Gasteiger partial charge is 0.308 e. The fourth-order valence-electron chi connectivity index (χ4n) is 2.87. The van der Waals surface area contributed by atoms with E-state index in [-0.39, 0.29) is 12.2 Å². The zero-order chi connectivity index (χ0) is 20.1. The molecule has 9 heteroatoms. The van der Waals surface area contributed by atoms with E-state index in [2.05, 4.69) is 15.5 Å². The third-order valence-corrected chi connectivity index (χ3v) is 4.26. The predicted molar refractivity (Wildman–Crippen MR) is 99.6 cm³/mol. The Morgan fingerprint density at radius 2 is 2.07 bits per heavy atom. The molecule has 0 saturated carbocycles. The molecular formula is C19H19N3O6. The summed E-state index contributed by atoms with van der Waals surface area (Å²) in [5.41, 5.74) is -0.764. The SMILES string of the molecule is COc1ccc(OC)c(C2=NOC(CC(=O)O)(C(=O)Nc3ccccn3)C2)c1. The Morgan fingerprint density at radius 1 is 1.25 bits per heavy atom. The van der Waals surface area contributed by atoms with Gasteiger partial charge in [0.1, 0.15) is 17.3 Å². The number of benzene rings is 1. The fraction of sp³-hybridized carbons (Fsp3) is 0.263. The van der Waals surface area contributed by atoms with E-state index < -0.39 is 23.9 Å². The number of nitrogens with one attached hydrogen (secondary N) is 1. The zero-order valence-electron chi connectivity index (χ0n) is 15.3. The minimum Gasteiger partial charge on any atom is -0.497 e. The summed E-state index contributed by atoms with van der Waals surface area (Å²) in [6, 6.07) is 10.1. The van der Waals surface area contributed by atoms with Crippen LogP contribution in [0.4, 0.5) is 5.82 Å². The molecular weight excluding hydrogens is 366 g/mol. The third-order valence-electron chi connectivity index (χ3n) is 4.26. The largest absolute Gasteiger partial charge is 0.497 e. The first kappa shape index (κ1) is 19.2. The molecule has 2 heterocycles. The van der Waals surface area contributed by atoms with Gasteiger partial charge in [0, 0.05) is 18.2 Å². The van der Waals surface area contributed by atoms with Crippen LogP contribution in [-0.4, -0.2) is 47.5 Å². The van der Waals surface area contributed by atoms with Crippen molar-refractivity contribution in [3.63, 3.8) is 0 Å². The summed E-state index contributed by atoms with van der Waals surface area (Å²) in [6.45, 7) is 0. The van der Waals surface area contributed by atoms with E-state index in [0.717, 1.165) is 0 Å². The molecule has 1 aliphatic heterocycles. The summed E-state index contributed by atoms with van der Waals surface area (Å²) in [5, 5.41) is 15.9. The van der Waals surface area contributed by atoms with Gasteiger partial charge in [-0.25, -0.2) is 4.98 Å². The summed E-state index contributed by atoms with van der Waals surface area (Å²) in [6.07, 6.45) is 0.893. The lowest BCUT2D eigenvalue weighted by molar-refractivity contribution is -0.152. The lowest BCUT2D eigenvalue weighted by Crippen LogP contribution is -2.45. The second-order valence-electron chi connectivity index (χ2n) is 6.11. The minimum absolute atomic E-state index is 0.0541. The van der Waals surface area contributed by atoms with Gasteiger partial charge in [-0.3, -0.25) is 9.59 Å². The van der Waals surface area contributed by atoms with Gasteiger partial charge in [0.25, 0.3) is 5.91 Å². The van der Waals surface area contributed by atoms with Crippen LogP contribution in [0, 0.1) is 0 Å². The Kier molecular flexibility index (Phi) is 5.44. The van der Waals surface area contributed by atoms with Crippen LogP contribution in [0.3, 0.4) is 0 Å². The third kappa shape index (κ3) is 3.88. The van der Waals surface area contributed by atoms with Crippen LogP contribution in [0.2, 0.25) is 0 Å².